The Hall–Kier alpha value is -1.68. The number of guanidine groups is 1. The van der Waals surface area contributed by atoms with E-state index in [9.17, 15) is 4.39 Å². The first-order chi connectivity index (χ1) is 13.0. The highest BCUT2D eigenvalue weighted by Gasteiger charge is 2.17. The van der Waals surface area contributed by atoms with Crippen molar-refractivity contribution in [3.8, 4) is 0 Å². The molecule has 8 heteroatoms. The molecular formula is C20H31FIN5O. The molecule has 2 rings (SSSR count). The Morgan fingerprint density at radius 3 is 2.57 bits per heavy atom. The highest BCUT2D eigenvalue weighted by Crippen LogP contribution is 2.18. The standard InChI is InChI=1S/C20H30FN5O.HI/c1-6-17-16(19(7-2)27-25-17)12-23-20(22-3)24-13-18(26(4)5)14-9-8-10-15(21)11-14;/h8-11,18H,6-7,12-13H2,1-5H3,(H2,22,23,24);1H. The van der Waals surface area contributed by atoms with Crippen molar-refractivity contribution in [1.29, 1.82) is 0 Å². The molecule has 1 unspecified atom stereocenters. The third kappa shape index (κ3) is 6.44. The van der Waals surface area contributed by atoms with Crippen LogP contribution >= 0.6 is 24.0 Å². The Labute approximate surface area is 184 Å². The molecule has 1 heterocycles. The van der Waals surface area contributed by atoms with Crippen LogP contribution in [-0.4, -0.2) is 43.7 Å². The van der Waals surface area contributed by atoms with Crippen LogP contribution < -0.4 is 10.6 Å². The molecule has 0 bridgehead atoms. The van der Waals surface area contributed by atoms with Gasteiger partial charge in [0.1, 0.15) is 11.6 Å². The number of hydrogen-bond donors (Lipinski definition) is 2. The summed E-state index contributed by atoms with van der Waals surface area (Å²) in [7, 11) is 5.69. The van der Waals surface area contributed by atoms with E-state index in [-0.39, 0.29) is 35.8 Å². The van der Waals surface area contributed by atoms with Gasteiger partial charge in [0, 0.05) is 32.1 Å². The van der Waals surface area contributed by atoms with Crippen LogP contribution in [0.25, 0.3) is 0 Å². The van der Waals surface area contributed by atoms with Gasteiger partial charge in [-0.25, -0.2) is 4.39 Å². The predicted octanol–water partition coefficient (Wildman–Crippen LogP) is 3.52. The number of aromatic nitrogens is 1. The fraction of sp³-hybridized carbons (Fsp3) is 0.500. The maximum Gasteiger partial charge on any atom is 0.191 e. The fourth-order valence-corrected chi connectivity index (χ4v) is 3.04. The number of likely N-dealkylation sites (N-methyl/N-ethyl adjacent to an activating group) is 1. The topological polar surface area (TPSA) is 65.7 Å². The highest BCUT2D eigenvalue weighted by molar-refractivity contribution is 14.0. The molecule has 0 aliphatic heterocycles. The van der Waals surface area contributed by atoms with Gasteiger partial charge >= 0.3 is 0 Å². The average molecular weight is 503 g/mol. The van der Waals surface area contributed by atoms with E-state index in [1.807, 2.05) is 20.2 Å². The normalized spacial score (nSPS) is 12.6. The minimum atomic E-state index is -0.228. The summed E-state index contributed by atoms with van der Waals surface area (Å²) in [5.41, 5.74) is 2.99. The van der Waals surface area contributed by atoms with Gasteiger partial charge in [-0.05, 0) is 38.2 Å². The molecule has 0 aliphatic carbocycles. The number of aryl methyl sites for hydroxylation is 2. The highest BCUT2D eigenvalue weighted by atomic mass is 127. The summed E-state index contributed by atoms with van der Waals surface area (Å²) in [5.74, 6) is 1.36. The lowest BCUT2D eigenvalue weighted by atomic mass is 10.1. The number of nitrogens with one attached hydrogen (secondary N) is 2. The Balaban J connectivity index is 0.00000392. The number of rotatable bonds is 8. The van der Waals surface area contributed by atoms with Gasteiger partial charge in [0.25, 0.3) is 0 Å². The molecule has 1 aromatic heterocycles. The lowest BCUT2D eigenvalue weighted by Gasteiger charge is -2.26. The molecule has 0 amide bonds. The molecule has 1 atom stereocenters. The molecule has 0 saturated heterocycles. The SMILES string of the molecule is CCc1noc(CC)c1CNC(=NC)NCC(c1cccc(F)c1)N(C)C.I. The van der Waals surface area contributed by atoms with E-state index in [4.69, 9.17) is 4.52 Å². The Bertz CT molecular complexity index is 741. The van der Waals surface area contributed by atoms with E-state index in [0.717, 1.165) is 35.4 Å². The second kappa shape index (κ2) is 12.0. The van der Waals surface area contributed by atoms with Crippen LogP contribution in [0.3, 0.4) is 0 Å². The van der Waals surface area contributed by atoms with Crippen molar-refractivity contribution in [3.63, 3.8) is 0 Å². The number of nitrogens with zero attached hydrogens (tertiary/aromatic N) is 3. The van der Waals surface area contributed by atoms with Crippen molar-refractivity contribution in [2.45, 2.75) is 39.3 Å². The largest absolute Gasteiger partial charge is 0.361 e. The van der Waals surface area contributed by atoms with Crippen molar-refractivity contribution in [2.75, 3.05) is 27.7 Å². The summed E-state index contributed by atoms with van der Waals surface area (Å²) in [5, 5.41) is 10.8. The van der Waals surface area contributed by atoms with Crippen LogP contribution in [0.5, 0.6) is 0 Å². The zero-order valence-electron chi connectivity index (χ0n) is 17.3. The molecule has 28 heavy (non-hydrogen) atoms. The van der Waals surface area contributed by atoms with Crippen LogP contribution in [0, 0.1) is 5.82 Å². The molecule has 6 nitrogen and oxygen atoms in total. The van der Waals surface area contributed by atoms with Crippen molar-refractivity contribution < 1.29 is 8.91 Å². The number of hydrogen-bond acceptors (Lipinski definition) is 4. The van der Waals surface area contributed by atoms with E-state index in [1.54, 1.807) is 19.2 Å². The molecule has 0 radical (unpaired) electrons. The molecule has 2 aromatic rings. The smallest absolute Gasteiger partial charge is 0.191 e. The van der Waals surface area contributed by atoms with Gasteiger partial charge in [-0.2, -0.15) is 0 Å². The Morgan fingerprint density at radius 2 is 2.00 bits per heavy atom. The van der Waals surface area contributed by atoms with Gasteiger partial charge in [-0.1, -0.05) is 31.1 Å². The maximum absolute atomic E-state index is 13.6. The van der Waals surface area contributed by atoms with Crippen molar-refractivity contribution in [2.24, 2.45) is 4.99 Å². The molecule has 156 valence electrons. The zero-order valence-corrected chi connectivity index (χ0v) is 19.6. The van der Waals surface area contributed by atoms with Gasteiger partial charge in [0.15, 0.2) is 5.96 Å². The van der Waals surface area contributed by atoms with Gasteiger partial charge in [-0.15, -0.1) is 24.0 Å². The number of aliphatic imine (C=N–C) groups is 1. The lowest BCUT2D eigenvalue weighted by molar-refractivity contribution is 0.297. The van der Waals surface area contributed by atoms with E-state index in [1.165, 1.54) is 6.07 Å². The van der Waals surface area contributed by atoms with E-state index < -0.39 is 0 Å². The molecule has 0 fully saturated rings. The van der Waals surface area contributed by atoms with Gasteiger partial charge < -0.3 is 20.1 Å². The van der Waals surface area contributed by atoms with Crippen LogP contribution in [0.2, 0.25) is 0 Å². The first kappa shape index (κ1) is 24.4. The fourth-order valence-electron chi connectivity index (χ4n) is 3.04. The van der Waals surface area contributed by atoms with Crippen molar-refractivity contribution in [1.82, 2.24) is 20.7 Å². The third-order valence-electron chi connectivity index (χ3n) is 4.58. The quantitative estimate of drug-likeness (QED) is 0.328. The summed E-state index contributed by atoms with van der Waals surface area (Å²) in [4.78, 5) is 6.35. The summed E-state index contributed by atoms with van der Waals surface area (Å²) in [6.07, 6.45) is 1.63. The zero-order chi connectivity index (χ0) is 19.8. The predicted molar refractivity (Wildman–Crippen MR) is 122 cm³/mol. The molecule has 0 spiro atoms. The molecular weight excluding hydrogens is 472 g/mol. The second-order valence-electron chi connectivity index (χ2n) is 6.58. The van der Waals surface area contributed by atoms with Crippen LogP contribution in [0.15, 0.2) is 33.8 Å². The van der Waals surface area contributed by atoms with Crippen LogP contribution in [0.1, 0.15) is 42.5 Å². The minimum Gasteiger partial charge on any atom is -0.361 e. The molecule has 0 aliphatic rings. The summed E-state index contributed by atoms with van der Waals surface area (Å²) >= 11 is 0. The summed E-state index contributed by atoms with van der Waals surface area (Å²) in [6.45, 7) is 5.31. The number of halogens is 2. The Kier molecular flexibility index (Phi) is 10.4. The Morgan fingerprint density at radius 1 is 1.25 bits per heavy atom. The van der Waals surface area contributed by atoms with Gasteiger partial charge in [-0.3, -0.25) is 4.99 Å². The van der Waals surface area contributed by atoms with E-state index >= 15 is 0 Å². The van der Waals surface area contributed by atoms with E-state index in [0.29, 0.717) is 19.0 Å². The maximum atomic E-state index is 13.6. The van der Waals surface area contributed by atoms with Gasteiger partial charge in [0.05, 0.1) is 11.7 Å². The van der Waals surface area contributed by atoms with Crippen LogP contribution in [-0.2, 0) is 19.4 Å². The second-order valence-corrected chi connectivity index (χ2v) is 6.58. The van der Waals surface area contributed by atoms with Crippen LogP contribution in [0.4, 0.5) is 4.39 Å². The first-order valence-corrected chi connectivity index (χ1v) is 9.32. The third-order valence-corrected chi connectivity index (χ3v) is 4.58. The first-order valence-electron chi connectivity index (χ1n) is 9.32. The molecule has 2 N–H and O–H groups in total. The van der Waals surface area contributed by atoms with Crippen molar-refractivity contribution >= 4 is 29.9 Å². The molecule has 1 aromatic carbocycles. The summed E-state index contributed by atoms with van der Waals surface area (Å²) in [6, 6.07) is 6.72. The minimum absolute atomic E-state index is 0. The summed E-state index contributed by atoms with van der Waals surface area (Å²) < 4.78 is 19.0. The lowest BCUT2D eigenvalue weighted by Crippen LogP contribution is -2.41. The monoisotopic (exact) mass is 503 g/mol. The van der Waals surface area contributed by atoms with Crippen molar-refractivity contribution in [3.05, 3.63) is 52.7 Å². The van der Waals surface area contributed by atoms with E-state index in [2.05, 4.69) is 39.5 Å². The number of benzene rings is 1. The average Bonchev–Trinajstić information content (AvgIpc) is 3.06. The molecule has 0 saturated carbocycles. The van der Waals surface area contributed by atoms with Gasteiger partial charge in [0.2, 0.25) is 0 Å².